The predicted molar refractivity (Wildman–Crippen MR) is 57.2 cm³/mol. The third kappa shape index (κ3) is 1.98. The predicted octanol–water partition coefficient (Wildman–Crippen LogP) is 0.823. The first-order valence-corrected chi connectivity index (χ1v) is 4.78. The molecule has 78 valence electrons. The number of nitrogens with one attached hydrogen (secondary N) is 1. The van der Waals surface area contributed by atoms with Gasteiger partial charge < -0.3 is 10.1 Å². The van der Waals surface area contributed by atoms with Crippen molar-refractivity contribution in [3.63, 3.8) is 0 Å². The lowest BCUT2D eigenvalue weighted by Crippen LogP contribution is -2.19. The van der Waals surface area contributed by atoms with E-state index in [9.17, 15) is 4.79 Å². The highest BCUT2D eigenvalue weighted by atomic mass is 16.5. The van der Waals surface area contributed by atoms with E-state index in [1.807, 2.05) is 12.1 Å². The molecular weight excluding hydrogens is 192 g/mol. The average molecular weight is 204 g/mol. The fraction of sp³-hybridized carbons (Fsp3) is 0.273. The summed E-state index contributed by atoms with van der Waals surface area (Å²) >= 11 is 0. The van der Waals surface area contributed by atoms with Crippen LogP contribution in [-0.4, -0.2) is 32.0 Å². The molecule has 0 aromatic heterocycles. The summed E-state index contributed by atoms with van der Waals surface area (Å²) in [6, 6.07) is 7.21. The highest BCUT2D eigenvalue weighted by molar-refractivity contribution is 6.00. The summed E-state index contributed by atoms with van der Waals surface area (Å²) in [5, 5.41) is 3.17. The van der Waals surface area contributed by atoms with Crippen LogP contribution in [0.25, 0.3) is 0 Å². The summed E-state index contributed by atoms with van der Waals surface area (Å²) in [4.78, 5) is 15.5. The first kappa shape index (κ1) is 9.71. The van der Waals surface area contributed by atoms with Crippen molar-refractivity contribution in [3.05, 3.63) is 35.4 Å². The van der Waals surface area contributed by atoms with Gasteiger partial charge in [-0.3, -0.25) is 4.99 Å². The number of methoxy groups -OCH3 is 1. The molecule has 0 atom stereocenters. The summed E-state index contributed by atoms with van der Waals surface area (Å²) in [6.07, 6.45) is 0. The zero-order chi connectivity index (χ0) is 10.7. The largest absolute Gasteiger partial charge is 0.465 e. The Morgan fingerprint density at radius 1 is 1.40 bits per heavy atom. The standard InChI is InChI=1S/C11H12N2O2/c1-15-11(14)9-4-2-8(3-5-9)10-12-6-7-13-10/h2-5H,6-7H2,1H3,(H,12,13). The van der Waals surface area contributed by atoms with Gasteiger partial charge in [0.2, 0.25) is 0 Å². The minimum Gasteiger partial charge on any atom is -0.465 e. The third-order valence-electron chi connectivity index (χ3n) is 2.25. The van der Waals surface area contributed by atoms with Gasteiger partial charge >= 0.3 is 5.97 Å². The van der Waals surface area contributed by atoms with E-state index in [1.54, 1.807) is 12.1 Å². The molecule has 0 unspecified atom stereocenters. The van der Waals surface area contributed by atoms with Gasteiger partial charge in [0.05, 0.1) is 19.2 Å². The topological polar surface area (TPSA) is 50.7 Å². The molecule has 1 aromatic carbocycles. The molecule has 1 N–H and O–H groups in total. The monoisotopic (exact) mass is 204 g/mol. The Morgan fingerprint density at radius 2 is 2.13 bits per heavy atom. The smallest absolute Gasteiger partial charge is 0.337 e. The van der Waals surface area contributed by atoms with Crippen LogP contribution in [-0.2, 0) is 4.74 Å². The zero-order valence-electron chi connectivity index (χ0n) is 8.49. The van der Waals surface area contributed by atoms with E-state index in [2.05, 4.69) is 15.0 Å². The molecule has 1 aliphatic rings. The molecule has 0 spiro atoms. The highest BCUT2D eigenvalue weighted by Crippen LogP contribution is 2.07. The molecular formula is C11H12N2O2. The normalized spacial score (nSPS) is 14.3. The maximum atomic E-state index is 11.2. The number of benzene rings is 1. The Balaban J connectivity index is 2.20. The molecule has 0 saturated carbocycles. The Labute approximate surface area is 88.0 Å². The molecule has 1 aliphatic heterocycles. The second kappa shape index (κ2) is 4.13. The number of carbonyl (C=O) groups is 1. The van der Waals surface area contributed by atoms with E-state index in [-0.39, 0.29) is 5.97 Å². The van der Waals surface area contributed by atoms with Gasteiger partial charge in [0.25, 0.3) is 0 Å². The number of nitrogens with zero attached hydrogens (tertiary/aromatic N) is 1. The molecule has 4 nitrogen and oxygen atoms in total. The van der Waals surface area contributed by atoms with Crippen molar-refractivity contribution in [2.24, 2.45) is 4.99 Å². The maximum Gasteiger partial charge on any atom is 0.337 e. The first-order valence-electron chi connectivity index (χ1n) is 4.78. The lowest BCUT2D eigenvalue weighted by Gasteiger charge is -2.03. The molecule has 0 aliphatic carbocycles. The fourth-order valence-electron chi connectivity index (χ4n) is 1.47. The van der Waals surface area contributed by atoms with Crippen molar-refractivity contribution in [2.75, 3.05) is 20.2 Å². The number of hydrogen-bond acceptors (Lipinski definition) is 4. The molecule has 4 heteroatoms. The molecule has 0 bridgehead atoms. The van der Waals surface area contributed by atoms with Gasteiger partial charge in [-0.2, -0.15) is 0 Å². The van der Waals surface area contributed by atoms with E-state index >= 15 is 0 Å². The molecule has 2 rings (SSSR count). The minimum atomic E-state index is -0.317. The lowest BCUT2D eigenvalue weighted by atomic mass is 10.1. The molecule has 0 amide bonds. The quantitative estimate of drug-likeness (QED) is 0.726. The van der Waals surface area contributed by atoms with E-state index in [0.29, 0.717) is 5.56 Å². The second-order valence-electron chi connectivity index (χ2n) is 3.23. The Hall–Kier alpha value is -1.84. The number of aliphatic imine (C=N–C) groups is 1. The van der Waals surface area contributed by atoms with Crippen LogP contribution in [0.4, 0.5) is 0 Å². The Kier molecular flexibility index (Phi) is 2.67. The van der Waals surface area contributed by atoms with Crippen LogP contribution >= 0.6 is 0 Å². The van der Waals surface area contributed by atoms with Crippen LogP contribution in [0.1, 0.15) is 15.9 Å². The van der Waals surface area contributed by atoms with Crippen LogP contribution in [0.5, 0.6) is 0 Å². The van der Waals surface area contributed by atoms with Crippen molar-refractivity contribution in [1.29, 1.82) is 0 Å². The highest BCUT2D eigenvalue weighted by Gasteiger charge is 2.09. The van der Waals surface area contributed by atoms with Crippen LogP contribution in [0.2, 0.25) is 0 Å². The van der Waals surface area contributed by atoms with E-state index in [0.717, 1.165) is 24.5 Å². The molecule has 1 heterocycles. The number of amidine groups is 1. The maximum absolute atomic E-state index is 11.2. The van der Waals surface area contributed by atoms with Gasteiger partial charge in [-0.05, 0) is 12.1 Å². The van der Waals surface area contributed by atoms with Crippen LogP contribution in [0.3, 0.4) is 0 Å². The van der Waals surface area contributed by atoms with Crippen molar-refractivity contribution >= 4 is 11.8 Å². The van der Waals surface area contributed by atoms with Crippen LogP contribution in [0, 0.1) is 0 Å². The number of hydrogen-bond donors (Lipinski definition) is 1. The second-order valence-corrected chi connectivity index (χ2v) is 3.23. The van der Waals surface area contributed by atoms with E-state index in [1.165, 1.54) is 7.11 Å². The SMILES string of the molecule is COC(=O)c1ccc(C2=NCCN2)cc1. The van der Waals surface area contributed by atoms with Gasteiger partial charge in [0.15, 0.2) is 0 Å². The molecule has 0 saturated heterocycles. The fourth-order valence-corrected chi connectivity index (χ4v) is 1.47. The summed E-state index contributed by atoms with van der Waals surface area (Å²) < 4.78 is 4.62. The Bertz CT molecular complexity index is 396. The van der Waals surface area contributed by atoms with Crippen molar-refractivity contribution < 1.29 is 9.53 Å². The van der Waals surface area contributed by atoms with Gasteiger partial charge in [0, 0.05) is 12.1 Å². The lowest BCUT2D eigenvalue weighted by molar-refractivity contribution is 0.0601. The summed E-state index contributed by atoms with van der Waals surface area (Å²) in [5.41, 5.74) is 1.56. The third-order valence-corrected chi connectivity index (χ3v) is 2.25. The van der Waals surface area contributed by atoms with Gasteiger partial charge in [-0.1, -0.05) is 12.1 Å². The number of rotatable bonds is 2. The molecule has 15 heavy (non-hydrogen) atoms. The van der Waals surface area contributed by atoms with Gasteiger partial charge in [-0.25, -0.2) is 4.79 Å². The van der Waals surface area contributed by atoms with Crippen molar-refractivity contribution in [3.8, 4) is 0 Å². The van der Waals surface area contributed by atoms with Gasteiger partial charge in [-0.15, -0.1) is 0 Å². The van der Waals surface area contributed by atoms with Crippen LogP contribution < -0.4 is 5.32 Å². The first-order chi connectivity index (χ1) is 7.31. The number of ether oxygens (including phenoxy) is 1. The minimum absolute atomic E-state index is 0.317. The van der Waals surface area contributed by atoms with Crippen molar-refractivity contribution in [2.45, 2.75) is 0 Å². The van der Waals surface area contributed by atoms with Crippen molar-refractivity contribution in [1.82, 2.24) is 5.32 Å². The van der Waals surface area contributed by atoms with E-state index < -0.39 is 0 Å². The number of carbonyl (C=O) groups excluding carboxylic acids is 1. The summed E-state index contributed by atoms with van der Waals surface area (Å²) in [6.45, 7) is 1.70. The summed E-state index contributed by atoms with van der Waals surface area (Å²) in [5.74, 6) is 0.578. The average Bonchev–Trinajstić information content (AvgIpc) is 2.82. The number of esters is 1. The zero-order valence-corrected chi connectivity index (χ0v) is 8.49. The molecule has 0 fully saturated rings. The molecule has 1 aromatic rings. The van der Waals surface area contributed by atoms with Crippen LogP contribution in [0.15, 0.2) is 29.3 Å². The van der Waals surface area contributed by atoms with E-state index in [4.69, 9.17) is 0 Å². The molecule has 0 radical (unpaired) electrons. The Morgan fingerprint density at radius 3 is 2.67 bits per heavy atom. The van der Waals surface area contributed by atoms with Gasteiger partial charge in [0.1, 0.15) is 5.84 Å². The summed E-state index contributed by atoms with van der Waals surface area (Å²) in [7, 11) is 1.37.